The van der Waals surface area contributed by atoms with Gasteiger partial charge in [-0.05, 0) is 50.1 Å². The molecule has 0 aliphatic carbocycles. The van der Waals surface area contributed by atoms with E-state index in [1.807, 2.05) is 20.8 Å². The molecule has 0 spiro atoms. The number of carbonyl (C=O) groups is 2. The highest BCUT2D eigenvalue weighted by Gasteiger charge is 2.46. The Morgan fingerprint density at radius 2 is 1.77 bits per heavy atom. The van der Waals surface area contributed by atoms with Crippen LogP contribution in [0, 0.1) is 0 Å². The number of unbranched alkanes of at least 4 members (excludes halogenated alkanes) is 1. The van der Waals surface area contributed by atoms with Crippen molar-refractivity contribution in [3.05, 3.63) is 59.4 Å². The van der Waals surface area contributed by atoms with Gasteiger partial charge in [-0.25, -0.2) is 0 Å². The molecule has 31 heavy (non-hydrogen) atoms. The number of hydrogen-bond donors (Lipinski definition) is 1. The fourth-order valence-electron chi connectivity index (χ4n) is 3.71. The smallest absolute Gasteiger partial charge is 0.295 e. The zero-order chi connectivity index (χ0) is 22.4. The summed E-state index contributed by atoms with van der Waals surface area (Å²) >= 11 is 0. The van der Waals surface area contributed by atoms with Crippen LogP contribution in [0.1, 0.15) is 50.8 Å². The number of Topliss-reactive ketones (excluding diaryl/α,β-unsaturated/α-hetero) is 1. The summed E-state index contributed by atoms with van der Waals surface area (Å²) in [6, 6.07) is 7.85. The average Bonchev–Trinajstić information content (AvgIpc) is 3.03. The molecule has 3 rings (SSSR count). The Morgan fingerprint density at radius 3 is 2.42 bits per heavy atom. The normalized spacial score (nSPS) is 17.8. The topological polar surface area (TPSA) is 89.0 Å². The molecule has 1 atom stereocenters. The molecule has 1 saturated heterocycles. The third-order valence-electron chi connectivity index (χ3n) is 5.13. The standard InChI is InChI=1S/C24H28N2O5/c1-4-7-14-26-21(16-10-12-25-13-11-16)20(23(28)24(26)29)22(27)18-9-8-17(30-5-2)15-19(18)31-6-3/h8-13,15,21,27H,4-7,14H2,1-3H3/b22-20-. The lowest BCUT2D eigenvalue weighted by Gasteiger charge is -2.25. The Labute approximate surface area is 182 Å². The van der Waals surface area contributed by atoms with Crippen molar-refractivity contribution in [3.63, 3.8) is 0 Å². The number of pyridine rings is 1. The summed E-state index contributed by atoms with van der Waals surface area (Å²) in [5.41, 5.74) is 1.12. The number of likely N-dealkylation sites (tertiary alicyclic amines) is 1. The van der Waals surface area contributed by atoms with Crippen LogP contribution in [-0.4, -0.2) is 46.4 Å². The first kappa shape index (κ1) is 22.3. The number of aliphatic hydroxyl groups excluding tert-OH is 1. The number of aromatic nitrogens is 1. The van der Waals surface area contributed by atoms with Crippen LogP contribution < -0.4 is 9.47 Å². The van der Waals surface area contributed by atoms with Gasteiger partial charge in [-0.3, -0.25) is 14.6 Å². The molecule has 2 aromatic rings. The maximum Gasteiger partial charge on any atom is 0.295 e. The molecule has 7 heteroatoms. The van der Waals surface area contributed by atoms with Gasteiger partial charge < -0.3 is 19.5 Å². The number of aliphatic hydroxyl groups is 1. The first-order valence-electron chi connectivity index (χ1n) is 10.6. The van der Waals surface area contributed by atoms with Crippen LogP contribution >= 0.6 is 0 Å². The van der Waals surface area contributed by atoms with Gasteiger partial charge in [-0.1, -0.05) is 13.3 Å². The number of benzene rings is 1. The second kappa shape index (κ2) is 10.1. The van der Waals surface area contributed by atoms with Crippen LogP contribution in [0.25, 0.3) is 5.76 Å². The molecule has 1 unspecified atom stereocenters. The molecule has 1 aromatic heterocycles. The van der Waals surface area contributed by atoms with Crippen LogP contribution in [0.15, 0.2) is 48.3 Å². The lowest BCUT2D eigenvalue weighted by atomic mass is 9.95. The molecule has 164 valence electrons. The van der Waals surface area contributed by atoms with Crippen molar-refractivity contribution >= 4 is 17.4 Å². The number of amides is 1. The highest BCUT2D eigenvalue weighted by molar-refractivity contribution is 6.46. The van der Waals surface area contributed by atoms with E-state index >= 15 is 0 Å². The van der Waals surface area contributed by atoms with Crippen molar-refractivity contribution in [3.8, 4) is 11.5 Å². The molecule has 1 amide bonds. The SMILES string of the molecule is CCCCN1C(=O)C(=O)/C(=C(\O)c2ccc(OCC)cc2OCC)C1c1ccncc1. The summed E-state index contributed by atoms with van der Waals surface area (Å²) < 4.78 is 11.2. The largest absolute Gasteiger partial charge is 0.507 e. The summed E-state index contributed by atoms with van der Waals surface area (Å²) in [6.45, 7) is 7.01. The number of ether oxygens (including phenoxy) is 2. The second-order valence-corrected chi connectivity index (χ2v) is 7.15. The van der Waals surface area contributed by atoms with E-state index in [0.29, 0.717) is 36.8 Å². The molecule has 0 radical (unpaired) electrons. The molecule has 0 bridgehead atoms. The number of hydrogen-bond acceptors (Lipinski definition) is 6. The van der Waals surface area contributed by atoms with Gasteiger partial charge in [0.25, 0.3) is 11.7 Å². The fourth-order valence-corrected chi connectivity index (χ4v) is 3.71. The first-order chi connectivity index (χ1) is 15.0. The fraction of sp³-hybridized carbons (Fsp3) is 0.375. The molecule has 1 fully saturated rings. The number of ketones is 1. The molecular formula is C24H28N2O5. The predicted octanol–water partition coefficient (Wildman–Crippen LogP) is 4.10. The van der Waals surface area contributed by atoms with E-state index in [2.05, 4.69) is 4.98 Å². The van der Waals surface area contributed by atoms with Gasteiger partial charge in [0.1, 0.15) is 17.3 Å². The second-order valence-electron chi connectivity index (χ2n) is 7.15. The third kappa shape index (κ3) is 4.55. The van der Waals surface area contributed by atoms with Crippen LogP contribution in [0.5, 0.6) is 11.5 Å². The van der Waals surface area contributed by atoms with Crippen LogP contribution in [-0.2, 0) is 9.59 Å². The van der Waals surface area contributed by atoms with E-state index in [1.54, 1.807) is 42.7 Å². The minimum absolute atomic E-state index is 0.0532. The zero-order valence-corrected chi connectivity index (χ0v) is 18.1. The highest BCUT2D eigenvalue weighted by atomic mass is 16.5. The van der Waals surface area contributed by atoms with Crippen molar-refractivity contribution < 1.29 is 24.2 Å². The van der Waals surface area contributed by atoms with E-state index in [4.69, 9.17) is 9.47 Å². The molecule has 1 aliphatic heterocycles. The van der Waals surface area contributed by atoms with Crippen molar-refractivity contribution in [2.45, 2.75) is 39.7 Å². The van der Waals surface area contributed by atoms with E-state index in [0.717, 1.165) is 18.4 Å². The van der Waals surface area contributed by atoms with Crippen molar-refractivity contribution in [2.75, 3.05) is 19.8 Å². The predicted molar refractivity (Wildman–Crippen MR) is 117 cm³/mol. The van der Waals surface area contributed by atoms with Gasteiger partial charge in [0, 0.05) is 25.0 Å². The molecule has 7 nitrogen and oxygen atoms in total. The van der Waals surface area contributed by atoms with Crippen molar-refractivity contribution in [1.82, 2.24) is 9.88 Å². The van der Waals surface area contributed by atoms with Crippen molar-refractivity contribution in [1.29, 1.82) is 0 Å². The summed E-state index contributed by atoms with van der Waals surface area (Å²) in [4.78, 5) is 31.4. The minimum atomic E-state index is -0.702. The summed E-state index contributed by atoms with van der Waals surface area (Å²) in [5.74, 6) is -0.589. The maximum atomic E-state index is 13.0. The Balaban J connectivity index is 2.16. The van der Waals surface area contributed by atoms with Gasteiger partial charge in [0.05, 0.1) is 30.4 Å². The van der Waals surface area contributed by atoms with Crippen molar-refractivity contribution in [2.24, 2.45) is 0 Å². The number of rotatable bonds is 9. The van der Waals surface area contributed by atoms with Gasteiger partial charge in [0.2, 0.25) is 0 Å². The monoisotopic (exact) mass is 424 g/mol. The van der Waals surface area contributed by atoms with E-state index in [1.165, 1.54) is 4.90 Å². The highest BCUT2D eigenvalue weighted by Crippen LogP contribution is 2.41. The average molecular weight is 424 g/mol. The molecule has 1 N–H and O–H groups in total. The minimum Gasteiger partial charge on any atom is -0.507 e. The Bertz CT molecular complexity index is 971. The Hall–Kier alpha value is -3.35. The van der Waals surface area contributed by atoms with Gasteiger partial charge in [-0.15, -0.1) is 0 Å². The van der Waals surface area contributed by atoms with Crippen LogP contribution in [0.3, 0.4) is 0 Å². The number of nitrogens with zero attached hydrogens (tertiary/aromatic N) is 2. The first-order valence-corrected chi connectivity index (χ1v) is 10.6. The Kier molecular flexibility index (Phi) is 7.28. The number of carbonyl (C=O) groups excluding carboxylic acids is 2. The summed E-state index contributed by atoms with van der Waals surface area (Å²) in [6.07, 6.45) is 4.84. The van der Waals surface area contributed by atoms with E-state index < -0.39 is 17.7 Å². The van der Waals surface area contributed by atoms with E-state index in [-0.39, 0.29) is 11.3 Å². The van der Waals surface area contributed by atoms with Crippen LogP contribution in [0.2, 0.25) is 0 Å². The summed E-state index contributed by atoms with van der Waals surface area (Å²) in [7, 11) is 0. The zero-order valence-electron chi connectivity index (χ0n) is 18.1. The molecule has 1 aliphatic rings. The molecule has 1 aromatic carbocycles. The maximum absolute atomic E-state index is 13.0. The quantitative estimate of drug-likeness (QED) is 0.370. The van der Waals surface area contributed by atoms with Crippen LogP contribution in [0.4, 0.5) is 0 Å². The lowest BCUT2D eigenvalue weighted by Crippen LogP contribution is -2.30. The third-order valence-corrected chi connectivity index (χ3v) is 5.13. The molecular weight excluding hydrogens is 396 g/mol. The summed E-state index contributed by atoms with van der Waals surface area (Å²) in [5, 5.41) is 11.3. The Morgan fingerprint density at radius 1 is 1.06 bits per heavy atom. The van der Waals surface area contributed by atoms with Gasteiger partial charge >= 0.3 is 0 Å². The van der Waals surface area contributed by atoms with E-state index in [9.17, 15) is 14.7 Å². The lowest BCUT2D eigenvalue weighted by molar-refractivity contribution is -0.139. The van der Waals surface area contributed by atoms with Gasteiger partial charge in [-0.2, -0.15) is 0 Å². The van der Waals surface area contributed by atoms with Gasteiger partial charge in [0.15, 0.2) is 0 Å². The molecule has 2 heterocycles. The molecule has 0 saturated carbocycles.